The van der Waals surface area contributed by atoms with Gasteiger partial charge < -0.3 is 24.8 Å². The zero-order valence-electron chi connectivity index (χ0n) is 8.17. The highest BCUT2D eigenvalue weighted by molar-refractivity contribution is 4.72. The van der Waals surface area contributed by atoms with Crippen molar-refractivity contribution in [2.45, 2.75) is 37.9 Å². The van der Waals surface area contributed by atoms with Crippen molar-refractivity contribution in [3.8, 4) is 0 Å². The number of aliphatic hydroxyl groups excluding tert-OH is 3. The standard InChI is InChI=1S/C8H18O5/c1-5(9)8(11)6(10)4-7(12-2)13-3/h5-11H,4H2,1-3H3. The van der Waals surface area contributed by atoms with Crippen LogP contribution in [0.25, 0.3) is 0 Å². The van der Waals surface area contributed by atoms with Gasteiger partial charge in [-0.3, -0.25) is 0 Å². The van der Waals surface area contributed by atoms with E-state index in [4.69, 9.17) is 14.6 Å². The molecule has 0 aliphatic heterocycles. The van der Waals surface area contributed by atoms with Gasteiger partial charge in [-0.25, -0.2) is 0 Å². The van der Waals surface area contributed by atoms with Crippen LogP contribution in [0.2, 0.25) is 0 Å². The summed E-state index contributed by atoms with van der Waals surface area (Å²) < 4.78 is 9.65. The molecule has 0 saturated heterocycles. The van der Waals surface area contributed by atoms with Crippen LogP contribution in [0.1, 0.15) is 13.3 Å². The molecular formula is C8H18O5. The van der Waals surface area contributed by atoms with Crippen LogP contribution in [0.3, 0.4) is 0 Å². The Labute approximate surface area is 77.9 Å². The quantitative estimate of drug-likeness (QED) is 0.477. The highest BCUT2D eigenvalue weighted by atomic mass is 16.7. The zero-order chi connectivity index (χ0) is 10.4. The lowest BCUT2D eigenvalue weighted by atomic mass is 10.1. The second-order valence-electron chi connectivity index (χ2n) is 2.94. The maximum absolute atomic E-state index is 9.35. The molecule has 0 heterocycles. The smallest absolute Gasteiger partial charge is 0.159 e. The predicted octanol–water partition coefficient (Wildman–Crippen LogP) is -0.902. The largest absolute Gasteiger partial charge is 0.391 e. The molecule has 3 N–H and O–H groups in total. The van der Waals surface area contributed by atoms with Crippen molar-refractivity contribution in [2.24, 2.45) is 0 Å². The van der Waals surface area contributed by atoms with Gasteiger partial charge in [-0.05, 0) is 6.92 Å². The number of aliphatic hydroxyl groups is 3. The maximum Gasteiger partial charge on any atom is 0.159 e. The highest BCUT2D eigenvalue weighted by Gasteiger charge is 2.24. The first-order chi connectivity index (χ1) is 6.02. The van der Waals surface area contributed by atoms with Crippen molar-refractivity contribution in [2.75, 3.05) is 14.2 Å². The lowest BCUT2D eigenvalue weighted by Gasteiger charge is -2.23. The van der Waals surface area contributed by atoms with E-state index in [9.17, 15) is 10.2 Å². The SMILES string of the molecule is COC(CC(O)C(O)C(C)O)OC. The zero-order valence-corrected chi connectivity index (χ0v) is 8.17. The third-order valence-corrected chi connectivity index (χ3v) is 1.85. The lowest BCUT2D eigenvalue weighted by molar-refractivity contribution is -0.143. The van der Waals surface area contributed by atoms with E-state index in [1.54, 1.807) is 0 Å². The number of hydrogen-bond acceptors (Lipinski definition) is 5. The summed E-state index contributed by atoms with van der Waals surface area (Å²) in [6, 6.07) is 0. The van der Waals surface area contributed by atoms with E-state index in [1.165, 1.54) is 21.1 Å². The average Bonchev–Trinajstić information content (AvgIpc) is 2.12. The molecule has 0 aliphatic rings. The first-order valence-electron chi connectivity index (χ1n) is 4.12. The van der Waals surface area contributed by atoms with Gasteiger partial charge in [0.05, 0.1) is 12.2 Å². The molecular weight excluding hydrogens is 176 g/mol. The Bertz CT molecular complexity index is 124. The van der Waals surface area contributed by atoms with E-state index < -0.39 is 24.6 Å². The monoisotopic (exact) mass is 194 g/mol. The van der Waals surface area contributed by atoms with Crippen LogP contribution in [-0.2, 0) is 9.47 Å². The Morgan fingerprint density at radius 1 is 1.08 bits per heavy atom. The fraction of sp³-hybridized carbons (Fsp3) is 1.00. The van der Waals surface area contributed by atoms with Crippen LogP contribution in [0.4, 0.5) is 0 Å². The van der Waals surface area contributed by atoms with E-state index in [0.29, 0.717) is 0 Å². The second-order valence-corrected chi connectivity index (χ2v) is 2.94. The summed E-state index contributed by atoms with van der Waals surface area (Å²) in [6.45, 7) is 1.41. The van der Waals surface area contributed by atoms with E-state index in [0.717, 1.165) is 0 Å². The lowest BCUT2D eigenvalue weighted by Crippen LogP contribution is -2.38. The van der Waals surface area contributed by atoms with Gasteiger partial charge in [0, 0.05) is 20.6 Å². The molecule has 80 valence electrons. The fourth-order valence-corrected chi connectivity index (χ4v) is 0.947. The Morgan fingerprint density at radius 2 is 1.54 bits per heavy atom. The minimum absolute atomic E-state index is 0.124. The van der Waals surface area contributed by atoms with E-state index in [1.807, 2.05) is 0 Å². The molecule has 5 nitrogen and oxygen atoms in total. The van der Waals surface area contributed by atoms with Gasteiger partial charge in [-0.1, -0.05) is 0 Å². The van der Waals surface area contributed by atoms with Crippen LogP contribution in [0, 0.1) is 0 Å². The molecule has 13 heavy (non-hydrogen) atoms. The normalized spacial score (nSPS) is 18.7. The van der Waals surface area contributed by atoms with Gasteiger partial charge in [0.15, 0.2) is 6.29 Å². The third-order valence-electron chi connectivity index (χ3n) is 1.85. The van der Waals surface area contributed by atoms with Crippen LogP contribution < -0.4 is 0 Å². The molecule has 0 aliphatic carbocycles. The minimum Gasteiger partial charge on any atom is -0.391 e. The molecule has 0 rings (SSSR count). The number of ether oxygens (including phenoxy) is 2. The van der Waals surface area contributed by atoms with E-state index in [-0.39, 0.29) is 6.42 Å². The molecule has 5 heteroatoms. The molecule has 0 saturated carbocycles. The van der Waals surface area contributed by atoms with Crippen molar-refractivity contribution in [1.29, 1.82) is 0 Å². The molecule has 0 aromatic heterocycles. The van der Waals surface area contributed by atoms with Crippen molar-refractivity contribution in [1.82, 2.24) is 0 Å². The summed E-state index contributed by atoms with van der Waals surface area (Å²) in [7, 11) is 2.88. The van der Waals surface area contributed by atoms with Gasteiger partial charge in [-0.2, -0.15) is 0 Å². The van der Waals surface area contributed by atoms with Crippen molar-refractivity contribution >= 4 is 0 Å². The van der Waals surface area contributed by atoms with Crippen molar-refractivity contribution < 1.29 is 24.8 Å². The number of methoxy groups -OCH3 is 2. The maximum atomic E-state index is 9.35. The van der Waals surface area contributed by atoms with Gasteiger partial charge in [0.1, 0.15) is 6.10 Å². The molecule has 0 aromatic carbocycles. The molecule has 0 radical (unpaired) electrons. The summed E-state index contributed by atoms with van der Waals surface area (Å²) in [5.74, 6) is 0. The Morgan fingerprint density at radius 3 is 1.85 bits per heavy atom. The summed E-state index contributed by atoms with van der Waals surface area (Å²) in [5.41, 5.74) is 0. The second kappa shape index (κ2) is 6.28. The molecule has 0 fully saturated rings. The van der Waals surface area contributed by atoms with E-state index >= 15 is 0 Å². The molecule has 3 atom stereocenters. The Balaban J connectivity index is 3.89. The number of rotatable bonds is 6. The fourth-order valence-electron chi connectivity index (χ4n) is 0.947. The van der Waals surface area contributed by atoms with Gasteiger partial charge in [0.2, 0.25) is 0 Å². The van der Waals surface area contributed by atoms with Crippen molar-refractivity contribution in [3.63, 3.8) is 0 Å². The highest BCUT2D eigenvalue weighted by Crippen LogP contribution is 2.09. The first kappa shape index (κ1) is 12.8. The van der Waals surface area contributed by atoms with Crippen LogP contribution in [-0.4, -0.2) is 54.1 Å². The third kappa shape index (κ3) is 4.54. The van der Waals surface area contributed by atoms with Gasteiger partial charge in [-0.15, -0.1) is 0 Å². The Hall–Kier alpha value is -0.200. The topological polar surface area (TPSA) is 79.2 Å². The van der Waals surface area contributed by atoms with Crippen LogP contribution in [0.15, 0.2) is 0 Å². The van der Waals surface area contributed by atoms with Gasteiger partial charge >= 0.3 is 0 Å². The Kier molecular flexibility index (Phi) is 6.19. The number of hydrogen-bond donors (Lipinski definition) is 3. The van der Waals surface area contributed by atoms with Crippen LogP contribution >= 0.6 is 0 Å². The first-order valence-corrected chi connectivity index (χ1v) is 4.12. The molecule has 0 spiro atoms. The summed E-state index contributed by atoms with van der Waals surface area (Å²) in [4.78, 5) is 0. The van der Waals surface area contributed by atoms with Gasteiger partial charge in [0.25, 0.3) is 0 Å². The summed E-state index contributed by atoms with van der Waals surface area (Å²) in [5, 5.41) is 27.5. The predicted molar refractivity (Wildman–Crippen MR) is 46.1 cm³/mol. The van der Waals surface area contributed by atoms with Crippen LogP contribution in [0.5, 0.6) is 0 Å². The molecule has 0 amide bonds. The minimum atomic E-state index is -1.17. The molecule has 3 unspecified atom stereocenters. The average molecular weight is 194 g/mol. The van der Waals surface area contributed by atoms with E-state index in [2.05, 4.69) is 0 Å². The summed E-state index contributed by atoms with van der Waals surface area (Å²) in [6.07, 6.45) is -3.63. The molecule has 0 aromatic rings. The molecule has 0 bridgehead atoms. The summed E-state index contributed by atoms with van der Waals surface area (Å²) >= 11 is 0. The van der Waals surface area contributed by atoms with Crippen molar-refractivity contribution in [3.05, 3.63) is 0 Å².